The van der Waals surface area contributed by atoms with Crippen molar-refractivity contribution in [3.05, 3.63) is 11.6 Å². The molecule has 0 radical (unpaired) electrons. The van der Waals surface area contributed by atoms with Gasteiger partial charge in [-0.15, -0.1) is 0 Å². The van der Waals surface area contributed by atoms with E-state index in [9.17, 15) is 4.79 Å². The monoisotopic (exact) mass is 208 g/mol. The van der Waals surface area contributed by atoms with Crippen LogP contribution in [0.5, 0.6) is 0 Å². The normalized spacial score (nSPS) is 24.0. The standard InChI is InChI=1S/C14H24O/c1-13(2,3)10-7-11(14(4,5)6)9-12(15)8-10/h8,11H,7,9H2,1-6H3. The van der Waals surface area contributed by atoms with Gasteiger partial charge in [0, 0.05) is 6.42 Å². The first-order valence-corrected chi connectivity index (χ1v) is 5.84. The maximum absolute atomic E-state index is 11.7. The Morgan fingerprint density at radius 3 is 2.00 bits per heavy atom. The first-order valence-electron chi connectivity index (χ1n) is 5.84. The van der Waals surface area contributed by atoms with Gasteiger partial charge >= 0.3 is 0 Å². The summed E-state index contributed by atoms with van der Waals surface area (Å²) < 4.78 is 0. The molecule has 0 aromatic carbocycles. The largest absolute Gasteiger partial charge is 0.295 e. The van der Waals surface area contributed by atoms with E-state index in [1.54, 1.807) is 0 Å². The van der Waals surface area contributed by atoms with Crippen molar-refractivity contribution in [1.29, 1.82) is 0 Å². The summed E-state index contributed by atoms with van der Waals surface area (Å²) in [7, 11) is 0. The Kier molecular flexibility index (Phi) is 3.14. The summed E-state index contributed by atoms with van der Waals surface area (Å²) in [6, 6.07) is 0. The third kappa shape index (κ3) is 3.19. The van der Waals surface area contributed by atoms with E-state index in [-0.39, 0.29) is 10.8 Å². The minimum atomic E-state index is 0.138. The molecule has 1 atom stereocenters. The van der Waals surface area contributed by atoms with E-state index in [0.29, 0.717) is 11.7 Å². The Morgan fingerprint density at radius 2 is 1.60 bits per heavy atom. The lowest BCUT2D eigenvalue weighted by Crippen LogP contribution is -2.29. The fourth-order valence-corrected chi connectivity index (χ4v) is 2.03. The maximum atomic E-state index is 11.7. The van der Waals surface area contributed by atoms with Crippen LogP contribution in [0.4, 0.5) is 0 Å². The summed E-state index contributed by atoms with van der Waals surface area (Å²) in [5, 5.41) is 0. The lowest BCUT2D eigenvalue weighted by atomic mass is 9.68. The van der Waals surface area contributed by atoms with Gasteiger partial charge in [-0.1, -0.05) is 47.1 Å². The molecule has 0 heterocycles. The van der Waals surface area contributed by atoms with Crippen LogP contribution in [0.1, 0.15) is 54.4 Å². The zero-order chi connectivity index (χ0) is 11.9. The highest BCUT2D eigenvalue weighted by atomic mass is 16.1. The van der Waals surface area contributed by atoms with Crippen molar-refractivity contribution in [2.24, 2.45) is 16.7 Å². The van der Waals surface area contributed by atoms with Gasteiger partial charge in [-0.05, 0) is 29.2 Å². The van der Waals surface area contributed by atoms with Crippen molar-refractivity contribution >= 4 is 5.78 Å². The second kappa shape index (κ2) is 3.77. The number of carbonyl (C=O) groups is 1. The van der Waals surface area contributed by atoms with Gasteiger partial charge < -0.3 is 0 Å². The fourth-order valence-electron chi connectivity index (χ4n) is 2.03. The Bertz CT molecular complexity index is 283. The Labute approximate surface area is 93.9 Å². The van der Waals surface area contributed by atoms with Crippen LogP contribution in [0, 0.1) is 16.7 Å². The first-order chi connectivity index (χ1) is 6.60. The zero-order valence-corrected chi connectivity index (χ0v) is 11.0. The van der Waals surface area contributed by atoms with E-state index in [1.807, 2.05) is 6.08 Å². The van der Waals surface area contributed by atoms with Crippen LogP contribution in [0.3, 0.4) is 0 Å². The van der Waals surface area contributed by atoms with Gasteiger partial charge in [-0.25, -0.2) is 0 Å². The molecule has 1 aliphatic carbocycles. The van der Waals surface area contributed by atoms with Crippen LogP contribution < -0.4 is 0 Å². The van der Waals surface area contributed by atoms with Crippen LogP contribution in [0.25, 0.3) is 0 Å². The number of carbonyl (C=O) groups excluding carboxylic acids is 1. The number of ketones is 1. The molecular weight excluding hydrogens is 184 g/mol. The molecule has 0 saturated carbocycles. The van der Waals surface area contributed by atoms with Crippen molar-refractivity contribution in [1.82, 2.24) is 0 Å². The maximum Gasteiger partial charge on any atom is 0.155 e. The van der Waals surface area contributed by atoms with Crippen LogP contribution in [0.15, 0.2) is 11.6 Å². The molecule has 0 aliphatic heterocycles. The molecule has 1 unspecified atom stereocenters. The lowest BCUT2D eigenvalue weighted by Gasteiger charge is -2.37. The van der Waals surface area contributed by atoms with E-state index < -0.39 is 0 Å². The molecule has 0 amide bonds. The van der Waals surface area contributed by atoms with Crippen molar-refractivity contribution < 1.29 is 4.79 Å². The summed E-state index contributed by atoms with van der Waals surface area (Å²) in [6.07, 6.45) is 3.68. The Hall–Kier alpha value is -0.590. The molecule has 0 fully saturated rings. The SMILES string of the molecule is CC(C)(C)C1=CC(=O)CC(C(C)(C)C)C1. The van der Waals surface area contributed by atoms with Crippen molar-refractivity contribution in [2.75, 3.05) is 0 Å². The Morgan fingerprint density at radius 1 is 1.07 bits per heavy atom. The van der Waals surface area contributed by atoms with E-state index in [0.717, 1.165) is 12.8 Å². The molecular formula is C14H24O. The highest BCUT2D eigenvalue weighted by Gasteiger charge is 2.33. The summed E-state index contributed by atoms with van der Waals surface area (Å²) >= 11 is 0. The predicted molar refractivity (Wildman–Crippen MR) is 64.7 cm³/mol. The first kappa shape index (κ1) is 12.5. The van der Waals surface area contributed by atoms with Crippen LogP contribution in [-0.2, 0) is 4.79 Å². The van der Waals surface area contributed by atoms with E-state index in [4.69, 9.17) is 0 Å². The van der Waals surface area contributed by atoms with Gasteiger partial charge in [0.05, 0.1) is 0 Å². The summed E-state index contributed by atoms with van der Waals surface area (Å²) in [5.41, 5.74) is 1.69. The zero-order valence-electron chi connectivity index (χ0n) is 11.0. The highest BCUT2D eigenvalue weighted by Crippen LogP contribution is 2.41. The summed E-state index contributed by atoms with van der Waals surface area (Å²) in [5.74, 6) is 0.815. The molecule has 0 N–H and O–H groups in total. The smallest absolute Gasteiger partial charge is 0.155 e. The van der Waals surface area contributed by atoms with Gasteiger partial charge in [0.2, 0.25) is 0 Å². The fraction of sp³-hybridized carbons (Fsp3) is 0.786. The third-order valence-corrected chi connectivity index (χ3v) is 3.44. The van der Waals surface area contributed by atoms with Gasteiger partial charge in [0.1, 0.15) is 0 Å². The molecule has 86 valence electrons. The van der Waals surface area contributed by atoms with E-state index >= 15 is 0 Å². The molecule has 1 rings (SSSR count). The van der Waals surface area contributed by atoms with Crippen molar-refractivity contribution in [3.8, 4) is 0 Å². The quantitative estimate of drug-likeness (QED) is 0.588. The number of allylic oxidation sites excluding steroid dienone is 2. The molecule has 1 heteroatoms. The molecule has 0 spiro atoms. The topological polar surface area (TPSA) is 17.1 Å². The third-order valence-electron chi connectivity index (χ3n) is 3.44. The number of rotatable bonds is 0. The number of hydrogen-bond acceptors (Lipinski definition) is 1. The van der Waals surface area contributed by atoms with Crippen LogP contribution in [-0.4, -0.2) is 5.78 Å². The molecule has 0 bridgehead atoms. The predicted octanol–water partition coefficient (Wildman–Crippen LogP) is 3.98. The van der Waals surface area contributed by atoms with E-state index in [2.05, 4.69) is 41.5 Å². The summed E-state index contributed by atoms with van der Waals surface area (Å²) in [4.78, 5) is 11.7. The molecule has 0 saturated heterocycles. The molecule has 15 heavy (non-hydrogen) atoms. The van der Waals surface area contributed by atoms with E-state index in [1.165, 1.54) is 5.57 Å². The molecule has 1 aliphatic rings. The van der Waals surface area contributed by atoms with Crippen LogP contribution >= 0.6 is 0 Å². The molecule has 0 aromatic heterocycles. The van der Waals surface area contributed by atoms with Gasteiger partial charge in [0.15, 0.2) is 5.78 Å². The van der Waals surface area contributed by atoms with Gasteiger partial charge in [-0.3, -0.25) is 4.79 Å². The minimum absolute atomic E-state index is 0.138. The Balaban J connectivity index is 2.91. The summed E-state index contributed by atoms with van der Waals surface area (Å²) in [6.45, 7) is 13.3. The average Bonchev–Trinajstić information content (AvgIpc) is 1.99. The van der Waals surface area contributed by atoms with Crippen molar-refractivity contribution in [3.63, 3.8) is 0 Å². The lowest BCUT2D eigenvalue weighted by molar-refractivity contribution is -0.117. The second-order valence-corrected chi connectivity index (χ2v) is 6.86. The second-order valence-electron chi connectivity index (χ2n) is 6.86. The molecule has 0 aromatic rings. The molecule has 1 nitrogen and oxygen atoms in total. The minimum Gasteiger partial charge on any atom is -0.295 e. The average molecular weight is 208 g/mol. The van der Waals surface area contributed by atoms with Crippen molar-refractivity contribution in [2.45, 2.75) is 54.4 Å². The van der Waals surface area contributed by atoms with Crippen LogP contribution in [0.2, 0.25) is 0 Å². The number of hydrogen-bond donors (Lipinski definition) is 0. The highest BCUT2D eigenvalue weighted by molar-refractivity contribution is 5.91. The van der Waals surface area contributed by atoms with Gasteiger partial charge in [-0.2, -0.15) is 0 Å². The van der Waals surface area contributed by atoms with Gasteiger partial charge in [0.25, 0.3) is 0 Å².